The van der Waals surface area contributed by atoms with Crippen molar-refractivity contribution in [3.8, 4) is 0 Å². The Hall–Kier alpha value is -2.98. The van der Waals surface area contributed by atoms with E-state index in [4.69, 9.17) is 5.73 Å². The van der Waals surface area contributed by atoms with E-state index in [1.165, 1.54) is 16.7 Å². The highest BCUT2D eigenvalue weighted by Crippen LogP contribution is 2.44. The van der Waals surface area contributed by atoms with Crippen molar-refractivity contribution in [1.29, 1.82) is 0 Å². The molecule has 4 N–H and O–H groups in total. The Labute approximate surface area is 186 Å². The molecule has 3 atom stereocenters. The van der Waals surface area contributed by atoms with Crippen molar-refractivity contribution < 1.29 is 19.5 Å². The summed E-state index contributed by atoms with van der Waals surface area (Å²) in [6, 6.07) is -3.07. The van der Waals surface area contributed by atoms with Crippen molar-refractivity contribution in [2.24, 2.45) is 5.18 Å². The van der Waals surface area contributed by atoms with Crippen LogP contribution in [0.5, 0.6) is 0 Å². The number of aromatic nitrogens is 4. The Morgan fingerprint density at radius 1 is 1.42 bits per heavy atom. The second kappa shape index (κ2) is 8.27. The first-order valence-corrected chi connectivity index (χ1v) is 11.2. The number of rotatable bonds is 7. The molecule has 1 fully saturated rings. The number of nitrogen functional groups attached to an aromatic ring is 1. The number of carbonyl (C=O) groups is 3. The summed E-state index contributed by atoms with van der Waals surface area (Å²) in [4.78, 5) is 53.8. The molecule has 2 aliphatic rings. The maximum absolute atomic E-state index is 12.7. The summed E-state index contributed by atoms with van der Waals surface area (Å²) in [6.07, 6.45) is 0.826. The van der Waals surface area contributed by atoms with E-state index < -0.39 is 35.9 Å². The molecule has 0 radical (unpaired) electrons. The van der Waals surface area contributed by atoms with Crippen LogP contribution in [0.4, 0.5) is 5.13 Å². The van der Waals surface area contributed by atoms with Gasteiger partial charge in [-0.2, -0.15) is 4.37 Å². The number of carboxylic acid groups (broad SMARTS) is 1. The van der Waals surface area contributed by atoms with Gasteiger partial charge in [-0.05, 0) is 36.5 Å². The minimum atomic E-state index is -1.55. The first-order chi connectivity index (χ1) is 14.8. The second-order valence-corrected chi connectivity index (χ2v) is 9.53. The number of carbonyl (C=O) groups excluding carboxylic acids is 2. The maximum atomic E-state index is 12.7. The first-order valence-electron chi connectivity index (χ1n) is 8.80. The predicted octanol–water partition coefficient (Wildman–Crippen LogP) is 0.666. The van der Waals surface area contributed by atoms with E-state index in [2.05, 4.69) is 29.4 Å². The van der Waals surface area contributed by atoms with Gasteiger partial charge in [0.05, 0.1) is 11.7 Å². The molecule has 1 saturated heterocycles. The standard InChI is InChI=1S/C15H14N8O5S3/c1-4-14(30-22-19-4)29-6-3-2-5-7(12(25)23(5)9(6)13(26)27)17-11(24)8(20-28)10-18-15(16)31-21-10/h5,7-8H,2-3H2,1H3,(H,17,24)(H,26,27)(H2,16,18,21). The number of aliphatic carboxylic acids is 1. The van der Waals surface area contributed by atoms with Crippen LogP contribution in [0.2, 0.25) is 0 Å². The summed E-state index contributed by atoms with van der Waals surface area (Å²) in [6.45, 7) is 1.76. The lowest BCUT2D eigenvalue weighted by molar-refractivity contribution is -0.156. The van der Waals surface area contributed by atoms with Crippen LogP contribution in [0.3, 0.4) is 0 Å². The van der Waals surface area contributed by atoms with E-state index in [-0.39, 0.29) is 16.7 Å². The highest BCUT2D eigenvalue weighted by Gasteiger charge is 2.54. The van der Waals surface area contributed by atoms with E-state index in [0.717, 1.165) is 27.3 Å². The third-order valence-corrected chi connectivity index (χ3v) is 7.55. The molecule has 0 aliphatic carbocycles. The van der Waals surface area contributed by atoms with Gasteiger partial charge in [-0.3, -0.25) is 14.5 Å². The van der Waals surface area contributed by atoms with E-state index in [9.17, 15) is 24.4 Å². The number of nitrogens with two attached hydrogens (primary N) is 1. The van der Waals surface area contributed by atoms with E-state index >= 15 is 0 Å². The number of thioether (sulfide) groups is 1. The van der Waals surface area contributed by atoms with Gasteiger partial charge >= 0.3 is 5.97 Å². The van der Waals surface area contributed by atoms with Crippen LogP contribution in [-0.2, 0) is 14.4 Å². The Bertz CT molecular complexity index is 1110. The molecular weight excluding hydrogens is 468 g/mol. The summed E-state index contributed by atoms with van der Waals surface area (Å²) in [5.74, 6) is -2.82. The average Bonchev–Trinajstić information content (AvgIpc) is 3.34. The Balaban J connectivity index is 1.52. The molecule has 31 heavy (non-hydrogen) atoms. The third kappa shape index (κ3) is 3.77. The van der Waals surface area contributed by atoms with Gasteiger partial charge in [0.15, 0.2) is 11.0 Å². The monoisotopic (exact) mass is 482 g/mol. The highest BCUT2D eigenvalue weighted by molar-refractivity contribution is 8.04. The average molecular weight is 483 g/mol. The van der Waals surface area contributed by atoms with Crippen LogP contribution in [0.15, 0.2) is 20.0 Å². The number of fused-ring (bicyclic) bond motifs is 1. The molecule has 3 unspecified atom stereocenters. The van der Waals surface area contributed by atoms with Crippen molar-refractivity contribution in [3.05, 3.63) is 27.0 Å². The largest absolute Gasteiger partial charge is 0.477 e. The topological polar surface area (TPSA) is 194 Å². The first kappa shape index (κ1) is 21.3. The number of β-lactam (4-membered cyclic amide) rings is 1. The van der Waals surface area contributed by atoms with Crippen molar-refractivity contribution in [1.82, 2.24) is 29.2 Å². The molecule has 162 valence electrons. The predicted molar refractivity (Wildman–Crippen MR) is 110 cm³/mol. The molecular formula is C15H14N8O5S3. The molecule has 0 aromatic carbocycles. The molecule has 4 heterocycles. The third-order valence-electron chi connectivity index (χ3n) is 4.77. The molecule has 16 heteroatoms. The van der Waals surface area contributed by atoms with Gasteiger partial charge in [0.1, 0.15) is 15.9 Å². The van der Waals surface area contributed by atoms with Gasteiger partial charge < -0.3 is 16.2 Å². The zero-order chi connectivity index (χ0) is 22.3. The fourth-order valence-electron chi connectivity index (χ4n) is 3.36. The zero-order valence-corrected chi connectivity index (χ0v) is 18.2. The fourth-order valence-corrected chi connectivity index (χ4v) is 5.70. The van der Waals surface area contributed by atoms with Crippen LogP contribution in [0, 0.1) is 11.8 Å². The van der Waals surface area contributed by atoms with Crippen LogP contribution in [-0.4, -0.2) is 58.8 Å². The van der Waals surface area contributed by atoms with Crippen LogP contribution >= 0.6 is 34.8 Å². The molecule has 2 amide bonds. The van der Waals surface area contributed by atoms with Crippen molar-refractivity contribution >= 4 is 57.7 Å². The molecule has 13 nitrogen and oxygen atoms in total. The lowest BCUT2D eigenvalue weighted by atomic mass is 9.86. The van der Waals surface area contributed by atoms with E-state index in [1.54, 1.807) is 6.92 Å². The fraction of sp³-hybridized carbons (Fsp3) is 0.400. The molecule has 0 saturated carbocycles. The Kier molecular flexibility index (Phi) is 5.67. The van der Waals surface area contributed by atoms with Crippen molar-refractivity contribution in [2.75, 3.05) is 5.73 Å². The van der Waals surface area contributed by atoms with Crippen LogP contribution in [0.1, 0.15) is 30.4 Å². The van der Waals surface area contributed by atoms with Gasteiger partial charge in [0.25, 0.3) is 11.8 Å². The van der Waals surface area contributed by atoms with Crippen molar-refractivity contribution in [3.63, 3.8) is 0 Å². The molecule has 2 aromatic rings. The van der Waals surface area contributed by atoms with Crippen LogP contribution in [0.25, 0.3) is 0 Å². The minimum Gasteiger partial charge on any atom is -0.477 e. The van der Waals surface area contributed by atoms with Gasteiger partial charge in [-0.15, -0.1) is 10.0 Å². The number of nitrogens with zero attached hydrogens (tertiary/aromatic N) is 6. The molecule has 0 bridgehead atoms. The Morgan fingerprint density at radius 2 is 2.19 bits per heavy atom. The maximum Gasteiger partial charge on any atom is 0.353 e. The molecule has 2 aromatic heterocycles. The number of hydrogen-bond donors (Lipinski definition) is 3. The van der Waals surface area contributed by atoms with Gasteiger partial charge in [-0.25, -0.2) is 9.78 Å². The summed E-state index contributed by atoms with van der Waals surface area (Å²) < 4.78 is 8.39. The summed E-state index contributed by atoms with van der Waals surface area (Å²) in [5.41, 5.74) is 6.03. The molecule has 2 aliphatic heterocycles. The van der Waals surface area contributed by atoms with E-state index in [0.29, 0.717) is 23.4 Å². The molecule has 4 rings (SSSR count). The molecule has 0 spiro atoms. The summed E-state index contributed by atoms with van der Waals surface area (Å²) in [7, 11) is 0. The number of nitroso groups, excluding NO2 is 1. The quantitative estimate of drug-likeness (QED) is 0.371. The number of anilines is 1. The minimum absolute atomic E-state index is 0.0715. The lowest BCUT2D eigenvalue weighted by Crippen LogP contribution is -2.71. The van der Waals surface area contributed by atoms with Crippen LogP contribution < -0.4 is 11.1 Å². The van der Waals surface area contributed by atoms with E-state index in [1.807, 2.05) is 0 Å². The summed E-state index contributed by atoms with van der Waals surface area (Å²) in [5, 5.41) is 18.9. The van der Waals surface area contributed by atoms with Gasteiger partial charge in [0.2, 0.25) is 6.04 Å². The number of carboxylic acids is 1. The number of aryl methyl sites for hydroxylation is 1. The van der Waals surface area contributed by atoms with Gasteiger partial charge in [0, 0.05) is 16.4 Å². The number of nitrogens with one attached hydrogen (secondary N) is 1. The highest BCUT2D eigenvalue weighted by atomic mass is 32.2. The van der Waals surface area contributed by atoms with Crippen molar-refractivity contribution in [2.45, 2.75) is 42.1 Å². The lowest BCUT2D eigenvalue weighted by Gasteiger charge is -2.50. The normalized spacial score (nSPS) is 21.3. The zero-order valence-electron chi connectivity index (χ0n) is 15.7. The Morgan fingerprint density at radius 3 is 2.77 bits per heavy atom. The summed E-state index contributed by atoms with van der Waals surface area (Å²) >= 11 is 3.18. The SMILES string of the molecule is Cc1nnsc1SC1=C(C(=O)O)N2C(=O)C(NC(=O)C(N=O)c3nsc(N)n3)C2CC1. The van der Waals surface area contributed by atoms with Gasteiger partial charge in [-0.1, -0.05) is 16.3 Å². The smallest absolute Gasteiger partial charge is 0.353 e. The number of amides is 2. The number of hydrogen-bond acceptors (Lipinski definition) is 13. The number of allylic oxidation sites excluding steroid dienone is 1. The second-order valence-electron chi connectivity index (χ2n) is 6.62.